The minimum Gasteiger partial charge on any atom is -0.383 e. The molecular formula is C24H30ClN3O3. The maximum atomic E-state index is 12.9. The van der Waals surface area contributed by atoms with Crippen molar-refractivity contribution in [2.45, 2.75) is 25.1 Å². The SMILES string of the molecule is COCCNC(=O)c1cc(NC(=O)C(Cl)c2ccccc2)ccc1N1CCC(C)CC1. The normalized spacial score (nSPS) is 15.4. The summed E-state index contributed by atoms with van der Waals surface area (Å²) in [7, 11) is 1.60. The molecule has 1 aliphatic rings. The number of rotatable bonds is 8. The maximum absolute atomic E-state index is 12.9. The summed E-state index contributed by atoms with van der Waals surface area (Å²) in [6, 6.07) is 14.6. The minimum absolute atomic E-state index is 0.188. The molecule has 7 heteroatoms. The lowest BCUT2D eigenvalue weighted by Gasteiger charge is -2.33. The highest BCUT2D eigenvalue weighted by Crippen LogP contribution is 2.30. The first-order chi connectivity index (χ1) is 15.0. The third kappa shape index (κ3) is 6.21. The largest absolute Gasteiger partial charge is 0.383 e. The van der Waals surface area contributed by atoms with Crippen LogP contribution in [0.15, 0.2) is 48.5 Å². The molecule has 1 unspecified atom stereocenters. The van der Waals surface area contributed by atoms with Gasteiger partial charge in [0.1, 0.15) is 5.38 Å². The number of nitrogens with one attached hydrogen (secondary N) is 2. The van der Waals surface area contributed by atoms with Gasteiger partial charge in [-0.2, -0.15) is 0 Å². The second kappa shape index (κ2) is 11.2. The Bertz CT molecular complexity index is 883. The fourth-order valence-electron chi connectivity index (χ4n) is 3.66. The highest BCUT2D eigenvalue weighted by Gasteiger charge is 2.23. The molecule has 31 heavy (non-hydrogen) atoms. The van der Waals surface area contributed by atoms with Gasteiger partial charge in [-0.25, -0.2) is 0 Å². The summed E-state index contributed by atoms with van der Waals surface area (Å²) in [4.78, 5) is 27.8. The minimum atomic E-state index is -0.816. The zero-order valence-corrected chi connectivity index (χ0v) is 18.8. The van der Waals surface area contributed by atoms with Gasteiger partial charge in [0.15, 0.2) is 0 Å². The zero-order valence-electron chi connectivity index (χ0n) is 18.1. The molecule has 1 saturated heterocycles. The average Bonchev–Trinajstić information content (AvgIpc) is 2.80. The predicted molar refractivity (Wildman–Crippen MR) is 125 cm³/mol. The van der Waals surface area contributed by atoms with E-state index in [4.69, 9.17) is 16.3 Å². The van der Waals surface area contributed by atoms with E-state index in [2.05, 4.69) is 22.5 Å². The number of hydrogen-bond acceptors (Lipinski definition) is 4. The van der Waals surface area contributed by atoms with Gasteiger partial charge in [0.05, 0.1) is 12.2 Å². The van der Waals surface area contributed by atoms with Crippen LogP contribution in [0.1, 0.15) is 41.1 Å². The Morgan fingerprint density at radius 3 is 2.55 bits per heavy atom. The van der Waals surface area contributed by atoms with Crippen molar-refractivity contribution in [2.75, 3.05) is 43.6 Å². The second-order valence-electron chi connectivity index (χ2n) is 7.91. The molecule has 2 amide bonds. The van der Waals surface area contributed by atoms with E-state index in [9.17, 15) is 9.59 Å². The van der Waals surface area contributed by atoms with Crippen LogP contribution in [0.2, 0.25) is 0 Å². The van der Waals surface area contributed by atoms with Crippen LogP contribution in [0.3, 0.4) is 0 Å². The fraction of sp³-hybridized carbons (Fsp3) is 0.417. The summed E-state index contributed by atoms with van der Waals surface area (Å²) in [5, 5.41) is 4.92. The van der Waals surface area contributed by atoms with Gasteiger partial charge in [0.25, 0.3) is 5.91 Å². The molecule has 0 saturated carbocycles. The maximum Gasteiger partial charge on any atom is 0.253 e. The Morgan fingerprint density at radius 2 is 1.87 bits per heavy atom. The number of methoxy groups -OCH3 is 1. The van der Waals surface area contributed by atoms with E-state index in [1.165, 1.54) is 0 Å². The molecule has 1 fully saturated rings. The number of benzene rings is 2. The molecule has 1 atom stereocenters. The number of carbonyl (C=O) groups is 2. The van der Waals surface area contributed by atoms with Crippen LogP contribution in [0, 0.1) is 5.92 Å². The van der Waals surface area contributed by atoms with Gasteiger partial charge in [-0.05, 0) is 42.5 Å². The predicted octanol–water partition coefficient (Wildman–Crippen LogP) is 4.22. The van der Waals surface area contributed by atoms with Crippen LogP contribution < -0.4 is 15.5 Å². The molecule has 166 valence electrons. The van der Waals surface area contributed by atoms with Gasteiger partial charge in [0.2, 0.25) is 5.91 Å². The van der Waals surface area contributed by atoms with E-state index in [-0.39, 0.29) is 11.8 Å². The topological polar surface area (TPSA) is 70.7 Å². The number of piperidine rings is 1. The first-order valence-corrected chi connectivity index (χ1v) is 11.1. The van der Waals surface area contributed by atoms with Gasteiger partial charge < -0.3 is 20.3 Å². The molecule has 6 nitrogen and oxygen atoms in total. The molecule has 0 radical (unpaired) electrons. The number of ether oxygens (including phenoxy) is 1. The molecule has 2 N–H and O–H groups in total. The highest BCUT2D eigenvalue weighted by molar-refractivity contribution is 6.32. The third-order valence-electron chi connectivity index (χ3n) is 5.55. The van der Waals surface area contributed by atoms with E-state index in [1.54, 1.807) is 13.2 Å². The number of carbonyl (C=O) groups excluding carboxylic acids is 2. The Hall–Kier alpha value is -2.57. The lowest BCUT2D eigenvalue weighted by Crippen LogP contribution is -2.35. The lowest BCUT2D eigenvalue weighted by atomic mass is 9.97. The van der Waals surface area contributed by atoms with Crippen molar-refractivity contribution in [2.24, 2.45) is 5.92 Å². The van der Waals surface area contributed by atoms with Crippen molar-refractivity contribution in [3.8, 4) is 0 Å². The lowest BCUT2D eigenvalue weighted by molar-refractivity contribution is -0.116. The summed E-state index contributed by atoms with van der Waals surface area (Å²) in [5.41, 5.74) is 2.68. The molecule has 0 aromatic heterocycles. The van der Waals surface area contributed by atoms with Gasteiger partial charge in [-0.1, -0.05) is 37.3 Å². The third-order valence-corrected chi connectivity index (χ3v) is 6.00. The summed E-state index contributed by atoms with van der Waals surface area (Å²) in [6.45, 7) is 4.92. The molecule has 1 heterocycles. The molecule has 0 bridgehead atoms. The van der Waals surface area contributed by atoms with Crippen LogP contribution in [-0.2, 0) is 9.53 Å². The monoisotopic (exact) mass is 443 g/mol. The van der Waals surface area contributed by atoms with Gasteiger partial charge in [-0.15, -0.1) is 11.6 Å². The van der Waals surface area contributed by atoms with Gasteiger partial charge >= 0.3 is 0 Å². The number of alkyl halides is 1. The van der Waals surface area contributed by atoms with Gasteiger partial charge in [0, 0.05) is 38.1 Å². The van der Waals surface area contributed by atoms with Crippen LogP contribution in [0.25, 0.3) is 0 Å². The van der Waals surface area contributed by atoms with E-state index < -0.39 is 5.38 Å². The summed E-state index contributed by atoms with van der Waals surface area (Å²) in [5.74, 6) is 0.165. The number of anilines is 2. The Kier molecular flexibility index (Phi) is 8.32. The number of amides is 2. The number of nitrogens with zero attached hydrogens (tertiary/aromatic N) is 1. The van der Waals surface area contributed by atoms with E-state index in [0.29, 0.717) is 30.3 Å². The Labute approximate surface area is 188 Å². The first-order valence-electron chi connectivity index (χ1n) is 10.7. The molecule has 0 spiro atoms. The van der Waals surface area contributed by atoms with Crippen molar-refractivity contribution < 1.29 is 14.3 Å². The van der Waals surface area contributed by atoms with Crippen LogP contribution in [0.4, 0.5) is 11.4 Å². The molecule has 0 aliphatic carbocycles. The quantitative estimate of drug-likeness (QED) is 0.473. The van der Waals surface area contributed by atoms with Gasteiger partial charge in [-0.3, -0.25) is 9.59 Å². The van der Waals surface area contributed by atoms with Crippen LogP contribution in [-0.4, -0.2) is 45.2 Å². The molecule has 2 aromatic carbocycles. The van der Waals surface area contributed by atoms with Crippen LogP contribution in [0.5, 0.6) is 0 Å². The van der Waals surface area contributed by atoms with Crippen molar-refractivity contribution in [3.05, 3.63) is 59.7 Å². The molecular weight excluding hydrogens is 414 g/mol. The average molecular weight is 444 g/mol. The zero-order chi connectivity index (χ0) is 22.2. The van der Waals surface area contributed by atoms with Crippen molar-refractivity contribution in [1.82, 2.24) is 5.32 Å². The molecule has 1 aliphatic heterocycles. The fourth-order valence-corrected chi connectivity index (χ4v) is 3.86. The Morgan fingerprint density at radius 1 is 1.16 bits per heavy atom. The van der Waals surface area contributed by atoms with Crippen LogP contribution >= 0.6 is 11.6 Å². The van der Waals surface area contributed by atoms with E-state index >= 15 is 0 Å². The second-order valence-corrected chi connectivity index (χ2v) is 8.35. The van der Waals surface area contributed by atoms with Crippen molar-refractivity contribution in [1.29, 1.82) is 0 Å². The summed E-state index contributed by atoms with van der Waals surface area (Å²) in [6.07, 6.45) is 2.18. The van der Waals surface area contributed by atoms with Crippen molar-refractivity contribution >= 4 is 34.8 Å². The van der Waals surface area contributed by atoms with E-state index in [0.717, 1.165) is 37.2 Å². The molecule has 3 rings (SSSR count). The standard InChI is InChI=1S/C24H30ClN3O3/c1-17-10-13-28(14-11-17)21-9-8-19(16-20(21)23(29)26-12-15-31-2)27-24(30)22(25)18-6-4-3-5-7-18/h3-9,16-17,22H,10-15H2,1-2H3,(H,26,29)(H,27,30). The number of halogens is 1. The molecule has 2 aromatic rings. The highest BCUT2D eigenvalue weighted by atomic mass is 35.5. The Balaban J connectivity index is 1.80. The van der Waals surface area contributed by atoms with Crippen molar-refractivity contribution in [3.63, 3.8) is 0 Å². The smallest absolute Gasteiger partial charge is 0.253 e. The van der Waals surface area contributed by atoms with E-state index in [1.807, 2.05) is 42.5 Å². The summed E-state index contributed by atoms with van der Waals surface area (Å²) >= 11 is 6.35. The summed E-state index contributed by atoms with van der Waals surface area (Å²) < 4.78 is 5.03. The number of hydrogen-bond donors (Lipinski definition) is 2. The first kappa shape index (κ1) is 23.1.